The van der Waals surface area contributed by atoms with Crippen LogP contribution in [0.4, 0.5) is 0 Å². The van der Waals surface area contributed by atoms with E-state index in [1.165, 1.54) is 0 Å². The van der Waals surface area contributed by atoms with Crippen LogP contribution in [0.15, 0.2) is 0 Å². The van der Waals surface area contributed by atoms with Gasteiger partial charge in [-0.15, -0.1) is 0 Å². The van der Waals surface area contributed by atoms with Crippen molar-refractivity contribution in [3.63, 3.8) is 0 Å². The molecular weight excluding hydrogens is 226 g/mol. The first kappa shape index (κ1) is 11.5. The summed E-state index contributed by atoms with van der Waals surface area (Å²) < 4.78 is 0. The van der Waals surface area contributed by atoms with E-state index in [2.05, 4.69) is 19.6 Å². The maximum absolute atomic E-state index is 4.93. The summed E-state index contributed by atoms with van der Waals surface area (Å²) in [5.74, 6) is 0. The van der Waals surface area contributed by atoms with Gasteiger partial charge in [0.15, 0.2) is 0 Å². The van der Waals surface area contributed by atoms with Gasteiger partial charge in [0.25, 0.3) is 0 Å². The summed E-state index contributed by atoms with van der Waals surface area (Å²) in [6.45, 7) is 6.92. The molecule has 0 aromatic rings. The Kier molecular flexibility index (Phi) is 17.4. The average Bonchev–Trinajstić information content (AvgIpc) is 1.33. The van der Waals surface area contributed by atoms with E-state index in [9.17, 15) is 0 Å². The van der Waals surface area contributed by atoms with E-state index in [1.54, 1.807) is 0 Å². The summed E-state index contributed by atoms with van der Waals surface area (Å²) in [6, 6.07) is 0. The molecule has 4 heteroatoms. The minimum atomic E-state index is -0.826. The van der Waals surface area contributed by atoms with Crippen LogP contribution in [0.1, 0.15) is 0 Å². The molecule has 0 aromatic carbocycles. The van der Waals surface area contributed by atoms with Crippen LogP contribution in [0.5, 0.6) is 0 Å². The van der Waals surface area contributed by atoms with Gasteiger partial charge in [-0.1, -0.05) is 19.6 Å². The van der Waals surface area contributed by atoms with Gasteiger partial charge in [-0.05, 0) is 0 Å². The summed E-state index contributed by atoms with van der Waals surface area (Å²) in [4.78, 5) is 0. The van der Waals surface area contributed by atoms with Gasteiger partial charge in [-0.3, -0.25) is 0 Å². The van der Waals surface area contributed by atoms with Gasteiger partial charge in [-0.25, -0.2) is 0 Å². The zero-order valence-corrected chi connectivity index (χ0v) is 9.96. The molecule has 0 spiro atoms. The summed E-state index contributed by atoms with van der Waals surface area (Å²) in [7, 11) is 9.73. The fourth-order valence-electron chi connectivity index (χ4n) is 0. The normalized spacial score (nSPS) is 7.14. The van der Waals surface area contributed by atoms with Gasteiger partial charge in [0, 0.05) is 8.80 Å². The topological polar surface area (TPSA) is 0 Å². The summed E-state index contributed by atoms with van der Waals surface area (Å²) in [5, 5.41) is 0. The Balaban J connectivity index is 0. The first-order valence-electron chi connectivity index (χ1n) is 2.11. The van der Waals surface area contributed by atoms with Gasteiger partial charge in [0.2, 0.25) is 0 Å². The van der Waals surface area contributed by atoms with E-state index in [0.717, 1.165) is 0 Å². The van der Waals surface area contributed by atoms with Crippen molar-refractivity contribution >= 4 is 25.8 Å². The molecule has 0 aliphatic heterocycles. The first-order chi connectivity index (χ1) is 3.15. The standard InChI is InChI=1S/C3H10Si.2ClH.Zr/c1-4(2)3;;;/h4H,1-3H3;2*1H;/q;;;+2/p-2. The second kappa shape index (κ2) is 10.6. The third kappa shape index (κ3) is 87.8. The van der Waals surface area contributed by atoms with Crippen LogP contribution < -0.4 is 0 Å². The minimum absolute atomic E-state index is 0.139. The number of halogens is 2. The van der Waals surface area contributed by atoms with Crippen LogP contribution in [-0.4, -0.2) is 8.80 Å². The Morgan fingerprint density at radius 2 is 1.14 bits per heavy atom. The zero-order chi connectivity index (χ0) is 6.28. The molecule has 44 valence electrons. The van der Waals surface area contributed by atoms with Gasteiger partial charge < -0.3 is 0 Å². The van der Waals surface area contributed by atoms with Crippen LogP contribution >= 0.6 is 17.0 Å². The fourth-order valence-corrected chi connectivity index (χ4v) is 0. The molecule has 0 aromatic heterocycles. The molecule has 0 radical (unpaired) electrons. The van der Waals surface area contributed by atoms with Crippen molar-refractivity contribution in [1.29, 1.82) is 0 Å². The predicted octanol–water partition coefficient (Wildman–Crippen LogP) is 2.48. The molecule has 0 aliphatic carbocycles. The molecule has 0 bridgehead atoms. The van der Waals surface area contributed by atoms with Gasteiger partial charge >= 0.3 is 37.9 Å². The Morgan fingerprint density at radius 1 is 1.14 bits per heavy atom. The molecule has 0 nitrogen and oxygen atoms in total. The Labute approximate surface area is 65.9 Å². The summed E-state index contributed by atoms with van der Waals surface area (Å²) in [5.41, 5.74) is 0. The van der Waals surface area contributed by atoms with Crippen LogP contribution in [0, 0.1) is 0 Å². The quantitative estimate of drug-likeness (QED) is 0.567. The monoisotopic (exact) mass is 234 g/mol. The molecular formula is C3H10Cl2SiZr. The molecule has 0 aliphatic rings. The van der Waals surface area contributed by atoms with Gasteiger partial charge in [-0.2, -0.15) is 0 Å². The molecule has 0 atom stereocenters. The van der Waals surface area contributed by atoms with Crippen molar-refractivity contribution in [3.05, 3.63) is 0 Å². The first-order valence-corrected chi connectivity index (χ1v) is 11.9. The number of hydrogen-bond acceptors (Lipinski definition) is 0. The van der Waals surface area contributed by atoms with Crippen LogP contribution in [0.2, 0.25) is 19.6 Å². The van der Waals surface area contributed by atoms with Crippen LogP contribution in [0.3, 0.4) is 0 Å². The molecule has 7 heavy (non-hydrogen) atoms. The third-order valence-corrected chi connectivity index (χ3v) is 0. The van der Waals surface area contributed by atoms with E-state index in [4.69, 9.17) is 17.0 Å². The molecule has 0 unspecified atom stereocenters. The van der Waals surface area contributed by atoms with E-state index in [1.807, 2.05) is 0 Å². The van der Waals surface area contributed by atoms with Gasteiger partial charge in [0.05, 0.1) is 0 Å². The summed E-state index contributed by atoms with van der Waals surface area (Å²) >= 11 is -0.826. The van der Waals surface area contributed by atoms with E-state index in [-0.39, 0.29) is 8.80 Å². The number of rotatable bonds is 0. The molecule has 0 heterocycles. The van der Waals surface area contributed by atoms with Crippen LogP contribution in [0.25, 0.3) is 0 Å². The van der Waals surface area contributed by atoms with Crippen molar-refractivity contribution in [2.75, 3.05) is 0 Å². The molecule has 0 saturated heterocycles. The third-order valence-electron chi connectivity index (χ3n) is 0. The van der Waals surface area contributed by atoms with E-state index >= 15 is 0 Å². The predicted molar refractivity (Wildman–Crippen MR) is 36.4 cm³/mol. The average molecular weight is 236 g/mol. The fraction of sp³-hybridized carbons (Fsp3) is 1.00. The van der Waals surface area contributed by atoms with Crippen LogP contribution in [-0.2, 0) is 20.8 Å². The van der Waals surface area contributed by atoms with Gasteiger partial charge in [0.1, 0.15) is 0 Å². The van der Waals surface area contributed by atoms with Crippen molar-refractivity contribution in [2.24, 2.45) is 0 Å². The second-order valence-electron chi connectivity index (χ2n) is 1.80. The maximum atomic E-state index is 4.93. The second-order valence-corrected chi connectivity index (χ2v) is 9.00. The zero-order valence-electron chi connectivity index (χ0n) is 4.83. The van der Waals surface area contributed by atoms with Crippen molar-refractivity contribution in [1.82, 2.24) is 0 Å². The Hall–Kier alpha value is 1.68. The molecule has 0 amide bonds. The van der Waals surface area contributed by atoms with Crippen molar-refractivity contribution in [3.8, 4) is 0 Å². The number of hydrogen-bond donors (Lipinski definition) is 0. The van der Waals surface area contributed by atoms with E-state index < -0.39 is 20.8 Å². The van der Waals surface area contributed by atoms with Crippen molar-refractivity contribution in [2.45, 2.75) is 19.6 Å². The Bertz CT molecular complexity index is 24.1. The molecule has 0 rings (SSSR count). The summed E-state index contributed by atoms with van der Waals surface area (Å²) in [6.07, 6.45) is 0. The molecule has 0 N–H and O–H groups in total. The Morgan fingerprint density at radius 3 is 1.14 bits per heavy atom. The van der Waals surface area contributed by atoms with Crippen molar-refractivity contribution < 1.29 is 20.8 Å². The van der Waals surface area contributed by atoms with E-state index in [0.29, 0.717) is 0 Å². The SMILES string of the molecule is C[SiH](C)C.[Cl][Zr][Cl]. The molecule has 0 fully saturated rings. The molecule has 0 saturated carbocycles.